The number of halogens is 5. The first-order valence-corrected chi connectivity index (χ1v) is 15.5. The molecule has 238 valence electrons. The summed E-state index contributed by atoms with van der Waals surface area (Å²) >= 11 is 1.31. The summed E-state index contributed by atoms with van der Waals surface area (Å²) in [4.78, 5) is 14.5. The quantitative estimate of drug-likeness (QED) is 0.131. The summed E-state index contributed by atoms with van der Waals surface area (Å²) in [6, 6.07) is 15.8. The summed E-state index contributed by atoms with van der Waals surface area (Å²) < 4.78 is 79.8. The van der Waals surface area contributed by atoms with Crippen molar-refractivity contribution in [3.05, 3.63) is 117 Å². The molecule has 4 aromatic rings. The predicted octanol–water partition coefficient (Wildman–Crippen LogP) is 7.47. The number of benzene rings is 3. The van der Waals surface area contributed by atoms with Crippen molar-refractivity contribution >= 4 is 11.8 Å². The van der Waals surface area contributed by atoms with Crippen molar-refractivity contribution in [1.29, 1.82) is 0 Å². The molecule has 1 aromatic heterocycles. The second-order valence-electron chi connectivity index (χ2n) is 10.9. The lowest BCUT2D eigenvalue weighted by molar-refractivity contribution is -0.138. The number of nitrogens with zero attached hydrogens (tertiary/aromatic N) is 1. The van der Waals surface area contributed by atoms with E-state index in [9.17, 15) is 23.1 Å². The average molecular weight is 645 g/mol. The standard InChI is InChI=1S/C34H33F5N2O3S/c1-20-23(18-24-25(34(37,38)39)13-9-14-26(24)35)33-41(32(43)29(20)22-12-8-15-28(44-2)30(22)36)27(19-45-33)31(40-16-6-7-17-42)21-10-4-3-5-11-21/h3-5,8-15,27,31,40,42H,6-7,16-19H2,1-2H3. The van der Waals surface area contributed by atoms with Crippen molar-refractivity contribution in [3.8, 4) is 16.9 Å². The molecule has 2 atom stereocenters. The van der Waals surface area contributed by atoms with Gasteiger partial charge in [0.25, 0.3) is 5.56 Å². The molecule has 0 bridgehead atoms. The molecule has 0 spiro atoms. The van der Waals surface area contributed by atoms with Crippen LogP contribution in [0.1, 0.15) is 52.7 Å². The number of alkyl halides is 3. The SMILES string of the molecule is COc1cccc(-c2c(C)c(Cc3c(F)cccc3C(F)(F)F)c3n(c2=O)C(C(NCCCCO)c2ccccc2)CS3)c1F. The number of pyridine rings is 1. The van der Waals surface area contributed by atoms with Gasteiger partial charge in [-0.2, -0.15) is 13.2 Å². The van der Waals surface area contributed by atoms with Crippen LogP contribution >= 0.6 is 11.8 Å². The van der Waals surface area contributed by atoms with Gasteiger partial charge in [0, 0.05) is 29.9 Å². The molecule has 0 aliphatic carbocycles. The maximum absolute atomic E-state index is 15.8. The first-order chi connectivity index (χ1) is 21.6. The Morgan fingerprint density at radius 2 is 1.76 bits per heavy atom. The molecule has 0 fully saturated rings. The monoisotopic (exact) mass is 644 g/mol. The lowest BCUT2D eigenvalue weighted by Crippen LogP contribution is -2.36. The number of nitrogens with one attached hydrogen (secondary N) is 1. The third kappa shape index (κ3) is 6.52. The van der Waals surface area contributed by atoms with Crippen LogP contribution in [0.4, 0.5) is 22.0 Å². The Labute approximate surface area is 262 Å². The summed E-state index contributed by atoms with van der Waals surface area (Å²) in [5.41, 5.74) is -0.745. The Kier molecular flexibility index (Phi) is 10.0. The van der Waals surface area contributed by atoms with Gasteiger partial charge in [0.1, 0.15) is 5.82 Å². The number of fused-ring (bicyclic) bond motifs is 1. The molecule has 0 radical (unpaired) electrons. The summed E-state index contributed by atoms with van der Waals surface area (Å²) in [6.45, 7) is 2.13. The lowest BCUT2D eigenvalue weighted by atomic mass is 9.91. The summed E-state index contributed by atoms with van der Waals surface area (Å²) in [5, 5.41) is 13.2. The van der Waals surface area contributed by atoms with Crippen molar-refractivity contribution < 1.29 is 31.8 Å². The van der Waals surface area contributed by atoms with Gasteiger partial charge in [-0.1, -0.05) is 48.5 Å². The number of rotatable bonds is 11. The van der Waals surface area contributed by atoms with Crippen LogP contribution in [0, 0.1) is 18.6 Å². The molecule has 1 aliphatic heterocycles. The fraction of sp³-hybridized carbons (Fsp3) is 0.324. The van der Waals surface area contributed by atoms with E-state index in [1.807, 2.05) is 30.3 Å². The zero-order chi connectivity index (χ0) is 32.3. The maximum Gasteiger partial charge on any atom is 0.416 e. The number of unbranched alkanes of at least 4 members (excludes halogenated alkanes) is 1. The summed E-state index contributed by atoms with van der Waals surface area (Å²) in [5.74, 6) is -1.50. The lowest BCUT2D eigenvalue weighted by Gasteiger charge is -2.28. The van der Waals surface area contributed by atoms with E-state index < -0.39 is 53.0 Å². The van der Waals surface area contributed by atoms with Crippen LogP contribution in [0.5, 0.6) is 5.75 Å². The van der Waals surface area contributed by atoms with Crippen LogP contribution in [0.2, 0.25) is 0 Å². The number of ether oxygens (including phenoxy) is 1. The Balaban J connectivity index is 1.76. The second kappa shape index (κ2) is 13.8. The first-order valence-electron chi connectivity index (χ1n) is 14.6. The van der Waals surface area contributed by atoms with Crippen molar-refractivity contribution in [3.63, 3.8) is 0 Å². The maximum atomic E-state index is 15.8. The molecular formula is C34H33F5N2O3S. The zero-order valence-corrected chi connectivity index (χ0v) is 25.6. The van der Waals surface area contributed by atoms with Gasteiger partial charge in [-0.05, 0) is 61.2 Å². The minimum Gasteiger partial charge on any atom is -0.494 e. The van der Waals surface area contributed by atoms with Crippen molar-refractivity contribution in [2.45, 2.75) is 49.5 Å². The molecule has 2 N–H and O–H groups in total. The van der Waals surface area contributed by atoms with E-state index >= 15 is 8.78 Å². The second-order valence-corrected chi connectivity index (χ2v) is 11.9. The van der Waals surface area contributed by atoms with E-state index in [0.29, 0.717) is 35.7 Å². The predicted molar refractivity (Wildman–Crippen MR) is 165 cm³/mol. The van der Waals surface area contributed by atoms with Crippen LogP contribution in [0.15, 0.2) is 76.6 Å². The minimum absolute atomic E-state index is 0.0189. The van der Waals surface area contributed by atoms with Gasteiger partial charge in [-0.15, -0.1) is 11.8 Å². The van der Waals surface area contributed by atoms with Gasteiger partial charge in [0.2, 0.25) is 0 Å². The highest BCUT2D eigenvalue weighted by molar-refractivity contribution is 7.99. The van der Waals surface area contributed by atoms with E-state index in [4.69, 9.17) is 4.74 Å². The molecule has 2 heterocycles. The Morgan fingerprint density at radius 3 is 2.44 bits per heavy atom. The van der Waals surface area contributed by atoms with Crippen molar-refractivity contribution in [2.75, 3.05) is 26.0 Å². The van der Waals surface area contributed by atoms with Crippen LogP contribution in [-0.4, -0.2) is 35.7 Å². The molecule has 3 aromatic carbocycles. The fourth-order valence-electron chi connectivity index (χ4n) is 5.97. The van der Waals surface area contributed by atoms with Gasteiger partial charge in [-0.3, -0.25) is 9.36 Å². The third-order valence-electron chi connectivity index (χ3n) is 8.18. The number of thioether (sulfide) groups is 1. The van der Waals surface area contributed by atoms with E-state index in [1.165, 1.54) is 41.6 Å². The summed E-state index contributed by atoms with van der Waals surface area (Å²) in [6.07, 6.45) is -4.01. The number of aliphatic hydroxyl groups is 1. The third-order valence-corrected chi connectivity index (χ3v) is 9.41. The molecule has 0 amide bonds. The normalized spacial score (nSPS) is 15.2. The van der Waals surface area contributed by atoms with Crippen LogP contribution in [-0.2, 0) is 12.6 Å². The van der Waals surface area contributed by atoms with Gasteiger partial charge in [-0.25, -0.2) is 8.78 Å². The van der Waals surface area contributed by atoms with Gasteiger partial charge in [0.05, 0.1) is 35.3 Å². The Morgan fingerprint density at radius 1 is 1.02 bits per heavy atom. The Hall–Kier alpha value is -3.67. The number of hydrogen-bond acceptors (Lipinski definition) is 5. The highest BCUT2D eigenvalue weighted by atomic mass is 32.2. The number of methoxy groups -OCH3 is 1. The van der Waals surface area contributed by atoms with E-state index in [0.717, 1.165) is 23.8 Å². The summed E-state index contributed by atoms with van der Waals surface area (Å²) in [7, 11) is 1.30. The topological polar surface area (TPSA) is 63.5 Å². The average Bonchev–Trinajstić information content (AvgIpc) is 3.45. The molecule has 5 nitrogen and oxygen atoms in total. The van der Waals surface area contributed by atoms with E-state index in [-0.39, 0.29) is 29.0 Å². The molecule has 5 rings (SSSR count). The number of hydrogen-bond donors (Lipinski definition) is 2. The fourth-order valence-corrected chi connectivity index (χ4v) is 7.40. The minimum atomic E-state index is -4.81. The molecule has 2 unspecified atom stereocenters. The molecular weight excluding hydrogens is 611 g/mol. The van der Waals surface area contributed by atoms with Gasteiger partial charge >= 0.3 is 6.18 Å². The van der Waals surface area contributed by atoms with Crippen LogP contribution in [0.25, 0.3) is 11.1 Å². The van der Waals surface area contributed by atoms with Crippen molar-refractivity contribution in [2.24, 2.45) is 0 Å². The molecule has 0 saturated carbocycles. The van der Waals surface area contributed by atoms with Crippen LogP contribution in [0.3, 0.4) is 0 Å². The first kappa shape index (κ1) is 32.7. The zero-order valence-electron chi connectivity index (χ0n) is 24.8. The largest absolute Gasteiger partial charge is 0.494 e. The molecule has 45 heavy (non-hydrogen) atoms. The van der Waals surface area contributed by atoms with Crippen LogP contribution < -0.4 is 15.6 Å². The van der Waals surface area contributed by atoms with E-state index in [1.54, 1.807) is 6.92 Å². The van der Waals surface area contributed by atoms with Gasteiger partial charge < -0.3 is 15.2 Å². The van der Waals surface area contributed by atoms with E-state index in [2.05, 4.69) is 5.32 Å². The molecule has 11 heteroatoms. The highest BCUT2D eigenvalue weighted by Gasteiger charge is 2.38. The number of aromatic nitrogens is 1. The smallest absolute Gasteiger partial charge is 0.416 e. The van der Waals surface area contributed by atoms with Gasteiger partial charge in [0.15, 0.2) is 11.6 Å². The highest BCUT2D eigenvalue weighted by Crippen LogP contribution is 2.45. The van der Waals surface area contributed by atoms with Crippen molar-refractivity contribution in [1.82, 2.24) is 9.88 Å². The molecule has 1 aliphatic rings. The molecule has 0 saturated heterocycles. The number of aliphatic hydroxyl groups excluding tert-OH is 1. The Bertz CT molecular complexity index is 1730.